The number of anilines is 1. The first-order valence-corrected chi connectivity index (χ1v) is 6.04. The van der Waals surface area contributed by atoms with Gasteiger partial charge in [0.15, 0.2) is 5.65 Å². The van der Waals surface area contributed by atoms with E-state index >= 15 is 0 Å². The fourth-order valence-corrected chi connectivity index (χ4v) is 2.30. The van der Waals surface area contributed by atoms with Gasteiger partial charge in [-0.05, 0) is 31.4 Å². The molecule has 0 bridgehead atoms. The third-order valence-corrected chi connectivity index (χ3v) is 3.22. The van der Waals surface area contributed by atoms with Gasteiger partial charge in [0.2, 0.25) is 0 Å². The molecule has 1 aliphatic heterocycles. The van der Waals surface area contributed by atoms with Gasteiger partial charge in [0, 0.05) is 19.2 Å². The second kappa shape index (κ2) is 4.33. The Balaban J connectivity index is 1.87. The summed E-state index contributed by atoms with van der Waals surface area (Å²) >= 11 is 0. The minimum atomic E-state index is 0.276. The van der Waals surface area contributed by atoms with E-state index in [9.17, 15) is 0 Å². The van der Waals surface area contributed by atoms with E-state index in [1.165, 1.54) is 12.8 Å². The SMILES string of the molecule is Nc1cccn2c(CC3CCCCO3)nnc12. The fraction of sp³-hybridized carbons (Fsp3) is 0.500. The maximum Gasteiger partial charge on any atom is 0.183 e. The molecular weight excluding hydrogens is 216 g/mol. The highest BCUT2D eigenvalue weighted by Crippen LogP contribution is 2.18. The summed E-state index contributed by atoms with van der Waals surface area (Å²) in [5, 5.41) is 8.32. The molecule has 3 heterocycles. The Morgan fingerprint density at radius 3 is 3.18 bits per heavy atom. The molecule has 0 spiro atoms. The Bertz CT molecular complexity index is 516. The average molecular weight is 232 g/mol. The normalized spacial score (nSPS) is 20.8. The maximum atomic E-state index is 5.85. The van der Waals surface area contributed by atoms with E-state index in [0.717, 1.165) is 30.9 Å². The Labute approximate surface area is 99.6 Å². The van der Waals surface area contributed by atoms with Gasteiger partial charge in [-0.3, -0.25) is 4.40 Å². The van der Waals surface area contributed by atoms with Gasteiger partial charge in [-0.25, -0.2) is 0 Å². The zero-order valence-electron chi connectivity index (χ0n) is 9.67. The number of hydrogen-bond acceptors (Lipinski definition) is 4. The highest BCUT2D eigenvalue weighted by molar-refractivity contribution is 5.63. The summed E-state index contributed by atoms with van der Waals surface area (Å²) in [7, 11) is 0. The number of rotatable bonds is 2. The number of nitrogens with two attached hydrogens (primary N) is 1. The molecule has 0 radical (unpaired) electrons. The Kier molecular flexibility index (Phi) is 2.68. The predicted octanol–water partition coefficient (Wildman–Crippen LogP) is 1.42. The summed E-state index contributed by atoms with van der Waals surface area (Å²) in [6.45, 7) is 0.865. The van der Waals surface area contributed by atoms with Crippen LogP contribution in [-0.4, -0.2) is 27.3 Å². The molecule has 1 fully saturated rings. The summed E-state index contributed by atoms with van der Waals surface area (Å²) in [4.78, 5) is 0. The van der Waals surface area contributed by atoms with Gasteiger partial charge in [0.1, 0.15) is 5.82 Å². The molecule has 2 aromatic heterocycles. The highest BCUT2D eigenvalue weighted by Gasteiger charge is 2.17. The van der Waals surface area contributed by atoms with E-state index in [0.29, 0.717) is 5.69 Å². The minimum Gasteiger partial charge on any atom is -0.396 e. The lowest BCUT2D eigenvalue weighted by Gasteiger charge is -2.21. The first-order valence-electron chi connectivity index (χ1n) is 6.04. The summed E-state index contributed by atoms with van der Waals surface area (Å²) in [5.41, 5.74) is 7.25. The number of nitrogens with zero attached hydrogens (tertiary/aromatic N) is 3. The fourth-order valence-electron chi connectivity index (χ4n) is 2.30. The van der Waals surface area contributed by atoms with Gasteiger partial charge in [-0.2, -0.15) is 0 Å². The van der Waals surface area contributed by atoms with Crippen LogP contribution < -0.4 is 5.73 Å². The van der Waals surface area contributed by atoms with E-state index in [1.54, 1.807) is 0 Å². The first-order chi connectivity index (χ1) is 8.34. The maximum absolute atomic E-state index is 5.85. The van der Waals surface area contributed by atoms with Gasteiger partial charge in [0.05, 0.1) is 11.8 Å². The summed E-state index contributed by atoms with van der Waals surface area (Å²) < 4.78 is 7.67. The molecule has 2 N–H and O–H groups in total. The number of pyridine rings is 1. The van der Waals surface area contributed by atoms with Crippen molar-refractivity contribution in [3.8, 4) is 0 Å². The molecule has 5 heteroatoms. The molecule has 1 atom stereocenters. The van der Waals surface area contributed by atoms with Crippen molar-refractivity contribution in [1.82, 2.24) is 14.6 Å². The molecular formula is C12H16N4O. The van der Waals surface area contributed by atoms with Gasteiger partial charge in [-0.15, -0.1) is 10.2 Å². The zero-order chi connectivity index (χ0) is 11.7. The molecule has 3 rings (SSSR count). The monoisotopic (exact) mass is 232 g/mol. The quantitative estimate of drug-likeness (QED) is 0.850. The smallest absolute Gasteiger partial charge is 0.183 e. The van der Waals surface area contributed by atoms with Crippen molar-refractivity contribution in [3.05, 3.63) is 24.2 Å². The van der Waals surface area contributed by atoms with Crippen molar-refractivity contribution in [2.24, 2.45) is 0 Å². The molecule has 5 nitrogen and oxygen atoms in total. The standard InChI is InChI=1S/C12H16N4O/c13-10-5-3-6-16-11(14-15-12(10)16)8-9-4-1-2-7-17-9/h3,5-6,9H,1-2,4,7-8,13H2. The van der Waals surface area contributed by atoms with Crippen molar-refractivity contribution in [1.29, 1.82) is 0 Å². The largest absolute Gasteiger partial charge is 0.396 e. The van der Waals surface area contributed by atoms with Gasteiger partial charge in [-0.1, -0.05) is 0 Å². The topological polar surface area (TPSA) is 65.4 Å². The van der Waals surface area contributed by atoms with E-state index < -0.39 is 0 Å². The predicted molar refractivity (Wildman–Crippen MR) is 64.7 cm³/mol. The molecule has 1 unspecified atom stereocenters. The Morgan fingerprint density at radius 1 is 1.41 bits per heavy atom. The van der Waals surface area contributed by atoms with Crippen molar-refractivity contribution < 1.29 is 4.74 Å². The second-order valence-electron chi connectivity index (χ2n) is 4.47. The van der Waals surface area contributed by atoms with Crippen LogP contribution in [0.3, 0.4) is 0 Å². The molecule has 1 saturated heterocycles. The van der Waals surface area contributed by atoms with Crippen molar-refractivity contribution >= 4 is 11.3 Å². The molecule has 0 amide bonds. The average Bonchev–Trinajstić information content (AvgIpc) is 2.76. The number of fused-ring (bicyclic) bond motifs is 1. The van der Waals surface area contributed by atoms with Crippen LogP contribution in [0.5, 0.6) is 0 Å². The van der Waals surface area contributed by atoms with Crippen LogP contribution in [0.25, 0.3) is 5.65 Å². The molecule has 17 heavy (non-hydrogen) atoms. The van der Waals surface area contributed by atoms with Crippen LogP contribution in [-0.2, 0) is 11.2 Å². The third kappa shape index (κ3) is 1.98. The molecule has 0 aromatic carbocycles. The summed E-state index contributed by atoms with van der Waals surface area (Å²) in [6.07, 6.45) is 6.55. The number of aromatic nitrogens is 3. The van der Waals surface area contributed by atoms with E-state index in [-0.39, 0.29) is 6.10 Å². The highest BCUT2D eigenvalue weighted by atomic mass is 16.5. The lowest BCUT2D eigenvalue weighted by atomic mass is 10.1. The van der Waals surface area contributed by atoms with E-state index in [2.05, 4.69) is 10.2 Å². The zero-order valence-corrected chi connectivity index (χ0v) is 9.67. The lowest BCUT2D eigenvalue weighted by molar-refractivity contribution is 0.0155. The number of nitrogen functional groups attached to an aromatic ring is 1. The van der Waals surface area contributed by atoms with Crippen LogP contribution >= 0.6 is 0 Å². The second-order valence-corrected chi connectivity index (χ2v) is 4.47. The van der Waals surface area contributed by atoms with Crippen LogP contribution in [0.1, 0.15) is 25.1 Å². The van der Waals surface area contributed by atoms with Gasteiger partial charge < -0.3 is 10.5 Å². The van der Waals surface area contributed by atoms with E-state index in [1.807, 2.05) is 22.7 Å². The Morgan fingerprint density at radius 2 is 2.35 bits per heavy atom. The Hall–Kier alpha value is -1.62. The van der Waals surface area contributed by atoms with Crippen molar-refractivity contribution in [2.75, 3.05) is 12.3 Å². The molecule has 0 saturated carbocycles. The minimum absolute atomic E-state index is 0.276. The number of ether oxygens (including phenoxy) is 1. The third-order valence-electron chi connectivity index (χ3n) is 3.22. The lowest BCUT2D eigenvalue weighted by Crippen LogP contribution is -2.22. The van der Waals surface area contributed by atoms with Crippen molar-refractivity contribution in [3.63, 3.8) is 0 Å². The van der Waals surface area contributed by atoms with Crippen LogP contribution in [0.2, 0.25) is 0 Å². The number of hydrogen-bond donors (Lipinski definition) is 1. The van der Waals surface area contributed by atoms with Crippen LogP contribution in [0.15, 0.2) is 18.3 Å². The van der Waals surface area contributed by atoms with E-state index in [4.69, 9.17) is 10.5 Å². The molecule has 1 aliphatic rings. The van der Waals surface area contributed by atoms with Gasteiger partial charge >= 0.3 is 0 Å². The molecule has 90 valence electrons. The summed E-state index contributed by atoms with van der Waals surface area (Å²) in [6, 6.07) is 3.75. The summed E-state index contributed by atoms with van der Waals surface area (Å²) in [5.74, 6) is 0.930. The first kappa shape index (κ1) is 10.5. The molecule has 0 aliphatic carbocycles. The van der Waals surface area contributed by atoms with Crippen LogP contribution in [0.4, 0.5) is 5.69 Å². The van der Waals surface area contributed by atoms with Crippen LogP contribution in [0, 0.1) is 0 Å². The molecule has 2 aromatic rings. The van der Waals surface area contributed by atoms with Gasteiger partial charge in [0.25, 0.3) is 0 Å². The van der Waals surface area contributed by atoms with Crippen molar-refractivity contribution in [2.45, 2.75) is 31.8 Å².